The zero-order chi connectivity index (χ0) is 17.4. The fourth-order valence-corrected chi connectivity index (χ4v) is 2.14. The minimum atomic E-state index is -1.08. The summed E-state index contributed by atoms with van der Waals surface area (Å²) in [5, 5.41) is 2.52. The van der Waals surface area contributed by atoms with Crippen LogP contribution in [0.1, 0.15) is 36.2 Å². The van der Waals surface area contributed by atoms with E-state index in [0.29, 0.717) is 11.5 Å². The van der Waals surface area contributed by atoms with Gasteiger partial charge in [0.2, 0.25) is 0 Å². The Bertz CT molecular complexity index is 568. The van der Waals surface area contributed by atoms with Crippen LogP contribution in [-0.2, 0) is 25.5 Å². The number of nitrogens with one attached hydrogen (secondary N) is 1. The number of benzene rings is 1. The van der Waals surface area contributed by atoms with Gasteiger partial charge in [-0.3, -0.25) is 9.59 Å². The van der Waals surface area contributed by atoms with E-state index in [-0.39, 0.29) is 6.42 Å². The molecule has 0 aliphatic heterocycles. The predicted octanol–water partition coefficient (Wildman–Crippen LogP) is 1.72. The van der Waals surface area contributed by atoms with Crippen LogP contribution in [0.4, 0.5) is 0 Å². The molecule has 0 aliphatic rings. The molecule has 1 atom stereocenters. The molecule has 1 amide bonds. The van der Waals surface area contributed by atoms with E-state index in [1.165, 1.54) is 14.2 Å². The Morgan fingerprint density at radius 3 is 2.39 bits per heavy atom. The van der Waals surface area contributed by atoms with Gasteiger partial charge in [0.25, 0.3) is 5.91 Å². The molecule has 126 valence electrons. The minimum absolute atomic E-state index is 0.277. The van der Waals surface area contributed by atoms with Gasteiger partial charge in [-0.2, -0.15) is 0 Å². The largest absolute Gasteiger partial charge is 0.469 e. The van der Waals surface area contributed by atoms with E-state index in [0.717, 1.165) is 12.0 Å². The molecule has 23 heavy (non-hydrogen) atoms. The summed E-state index contributed by atoms with van der Waals surface area (Å²) in [5.41, 5.74) is 1.47. The lowest BCUT2D eigenvalue weighted by molar-refractivity contribution is -0.149. The highest BCUT2D eigenvalue weighted by Crippen LogP contribution is 2.11. The molecule has 0 fully saturated rings. The van der Waals surface area contributed by atoms with Crippen LogP contribution in [0.5, 0.6) is 0 Å². The Labute approximate surface area is 136 Å². The van der Waals surface area contributed by atoms with Gasteiger partial charge in [0.1, 0.15) is 6.04 Å². The topological polar surface area (TPSA) is 81.7 Å². The van der Waals surface area contributed by atoms with E-state index in [1.54, 1.807) is 18.2 Å². The molecular weight excluding hydrogens is 298 g/mol. The Kier molecular flexibility index (Phi) is 7.25. The van der Waals surface area contributed by atoms with Crippen molar-refractivity contribution in [2.24, 2.45) is 5.92 Å². The normalized spacial score (nSPS) is 11.7. The quantitative estimate of drug-likeness (QED) is 0.773. The fraction of sp³-hybridized carbons (Fsp3) is 0.471. The smallest absolute Gasteiger partial charge is 0.328 e. The van der Waals surface area contributed by atoms with Crippen molar-refractivity contribution in [1.82, 2.24) is 5.32 Å². The molecule has 0 bridgehead atoms. The second kappa shape index (κ2) is 8.92. The second-order valence-corrected chi connectivity index (χ2v) is 5.63. The Balaban J connectivity index is 2.85. The van der Waals surface area contributed by atoms with E-state index in [1.807, 2.05) is 6.07 Å². The van der Waals surface area contributed by atoms with Gasteiger partial charge in [0.05, 0.1) is 20.6 Å². The van der Waals surface area contributed by atoms with Crippen LogP contribution in [0.3, 0.4) is 0 Å². The molecule has 0 aliphatic carbocycles. The number of ether oxygens (including phenoxy) is 2. The van der Waals surface area contributed by atoms with Crippen LogP contribution in [-0.4, -0.2) is 38.1 Å². The molecule has 1 rings (SSSR count). The predicted molar refractivity (Wildman–Crippen MR) is 84.9 cm³/mol. The number of hydrogen-bond donors (Lipinski definition) is 1. The van der Waals surface area contributed by atoms with Crippen molar-refractivity contribution in [2.45, 2.75) is 32.7 Å². The van der Waals surface area contributed by atoms with E-state index < -0.39 is 23.9 Å². The number of methoxy groups -OCH3 is 2. The lowest BCUT2D eigenvalue weighted by Crippen LogP contribution is -2.43. The van der Waals surface area contributed by atoms with Gasteiger partial charge in [-0.25, -0.2) is 4.79 Å². The average Bonchev–Trinajstić information content (AvgIpc) is 2.52. The molecule has 6 heteroatoms. The summed E-state index contributed by atoms with van der Waals surface area (Å²) < 4.78 is 9.14. The van der Waals surface area contributed by atoms with Gasteiger partial charge in [-0.1, -0.05) is 26.0 Å². The van der Waals surface area contributed by atoms with Gasteiger partial charge < -0.3 is 14.8 Å². The number of hydrogen-bond acceptors (Lipinski definition) is 5. The summed E-state index contributed by atoms with van der Waals surface area (Å²) >= 11 is 0. The van der Waals surface area contributed by atoms with Crippen LogP contribution in [0.25, 0.3) is 0 Å². The van der Waals surface area contributed by atoms with Crippen molar-refractivity contribution in [3.05, 3.63) is 35.4 Å². The summed E-state index contributed by atoms with van der Waals surface area (Å²) in [6.45, 7) is 4.19. The van der Waals surface area contributed by atoms with Gasteiger partial charge in [0, 0.05) is 5.56 Å². The molecule has 1 aromatic rings. The van der Waals surface area contributed by atoms with E-state index in [4.69, 9.17) is 0 Å². The minimum Gasteiger partial charge on any atom is -0.469 e. The standard InChI is InChI=1S/C17H23NO5/c1-11(2)8-12-6-5-7-13(9-12)16(20)18-14(17(21)23-4)10-15(19)22-3/h5-7,9,11,14H,8,10H2,1-4H3,(H,18,20)/t14-/m1/s1. The third kappa shape index (κ3) is 6.10. The number of rotatable bonds is 7. The van der Waals surface area contributed by atoms with Crippen LogP contribution in [0.2, 0.25) is 0 Å². The molecule has 0 saturated carbocycles. The summed E-state index contributed by atoms with van der Waals surface area (Å²) in [6.07, 6.45) is 0.574. The fourth-order valence-electron chi connectivity index (χ4n) is 2.14. The highest BCUT2D eigenvalue weighted by Gasteiger charge is 2.25. The van der Waals surface area contributed by atoms with Crippen molar-refractivity contribution in [1.29, 1.82) is 0 Å². The first-order chi connectivity index (χ1) is 10.9. The molecule has 6 nitrogen and oxygen atoms in total. The Morgan fingerprint density at radius 2 is 1.83 bits per heavy atom. The summed E-state index contributed by atoms with van der Waals surface area (Å²) in [6, 6.07) is 6.10. The van der Waals surface area contributed by atoms with E-state index >= 15 is 0 Å². The lowest BCUT2D eigenvalue weighted by atomic mass is 10.0. The van der Waals surface area contributed by atoms with Crippen LogP contribution < -0.4 is 5.32 Å². The monoisotopic (exact) mass is 321 g/mol. The maximum absolute atomic E-state index is 12.3. The van der Waals surface area contributed by atoms with Gasteiger partial charge in [-0.15, -0.1) is 0 Å². The first-order valence-electron chi connectivity index (χ1n) is 7.41. The number of carbonyl (C=O) groups excluding carboxylic acids is 3. The van der Waals surface area contributed by atoms with Gasteiger partial charge >= 0.3 is 11.9 Å². The molecular formula is C17H23NO5. The molecule has 0 spiro atoms. The van der Waals surface area contributed by atoms with Gasteiger partial charge in [0.15, 0.2) is 0 Å². The second-order valence-electron chi connectivity index (χ2n) is 5.63. The number of carbonyl (C=O) groups is 3. The van der Waals surface area contributed by atoms with Crippen LogP contribution in [0.15, 0.2) is 24.3 Å². The lowest BCUT2D eigenvalue weighted by Gasteiger charge is -2.16. The van der Waals surface area contributed by atoms with E-state index in [2.05, 4.69) is 28.6 Å². The number of esters is 2. The van der Waals surface area contributed by atoms with Gasteiger partial charge in [-0.05, 0) is 30.0 Å². The third-order valence-corrected chi connectivity index (χ3v) is 3.22. The molecule has 0 radical (unpaired) electrons. The Morgan fingerprint density at radius 1 is 1.13 bits per heavy atom. The van der Waals surface area contributed by atoms with Crippen LogP contribution in [0, 0.1) is 5.92 Å². The summed E-state index contributed by atoms with van der Waals surface area (Å²) in [4.78, 5) is 35.4. The Hall–Kier alpha value is -2.37. The average molecular weight is 321 g/mol. The first kappa shape index (κ1) is 18.7. The van der Waals surface area contributed by atoms with E-state index in [9.17, 15) is 14.4 Å². The SMILES string of the molecule is COC(=O)C[C@@H](NC(=O)c1cccc(CC(C)C)c1)C(=O)OC. The maximum Gasteiger partial charge on any atom is 0.328 e. The first-order valence-corrected chi connectivity index (χ1v) is 7.41. The van der Waals surface area contributed by atoms with Crippen molar-refractivity contribution in [2.75, 3.05) is 14.2 Å². The number of amides is 1. The van der Waals surface area contributed by atoms with Crippen LogP contribution >= 0.6 is 0 Å². The molecule has 0 aromatic heterocycles. The zero-order valence-corrected chi connectivity index (χ0v) is 13.9. The van der Waals surface area contributed by atoms with Crippen molar-refractivity contribution in [3.63, 3.8) is 0 Å². The third-order valence-electron chi connectivity index (χ3n) is 3.22. The molecule has 0 heterocycles. The highest BCUT2D eigenvalue weighted by atomic mass is 16.5. The molecule has 0 saturated heterocycles. The van der Waals surface area contributed by atoms with Crippen molar-refractivity contribution in [3.8, 4) is 0 Å². The molecule has 0 unspecified atom stereocenters. The summed E-state index contributed by atoms with van der Waals surface area (Å²) in [7, 11) is 2.41. The highest BCUT2D eigenvalue weighted by molar-refractivity contribution is 5.97. The zero-order valence-electron chi connectivity index (χ0n) is 13.9. The van der Waals surface area contributed by atoms with Crippen molar-refractivity contribution < 1.29 is 23.9 Å². The van der Waals surface area contributed by atoms with Crippen molar-refractivity contribution >= 4 is 17.8 Å². The summed E-state index contributed by atoms with van der Waals surface area (Å²) in [5.74, 6) is -1.26. The molecule has 1 N–H and O–H groups in total. The molecule has 1 aromatic carbocycles. The maximum atomic E-state index is 12.3.